The van der Waals surface area contributed by atoms with Crippen molar-refractivity contribution in [3.05, 3.63) is 35.5 Å². The zero-order chi connectivity index (χ0) is 23.3. The second-order valence-corrected chi connectivity index (χ2v) is 7.45. The Morgan fingerprint density at radius 3 is 1.83 bits per heavy atom. The van der Waals surface area contributed by atoms with Gasteiger partial charge in [0.15, 0.2) is 0 Å². The number of benzene rings is 1. The van der Waals surface area contributed by atoms with Gasteiger partial charge in [-0.05, 0) is 24.3 Å². The number of carbonyl (C=O) groups is 1. The number of aliphatic hydroxyl groups is 1. The van der Waals surface area contributed by atoms with Crippen molar-refractivity contribution in [3.63, 3.8) is 0 Å². The molecule has 0 aliphatic carbocycles. The van der Waals surface area contributed by atoms with Gasteiger partial charge in [0.1, 0.15) is 5.75 Å². The molecule has 0 bridgehead atoms. The third kappa shape index (κ3) is 6.28. The fourth-order valence-electron chi connectivity index (χ4n) is 1.95. The Morgan fingerprint density at radius 1 is 1.00 bits per heavy atom. The van der Waals surface area contributed by atoms with Crippen molar-refractivity contribution in [3.8, 4) is 5.75 Å². The van der Waals surface area contributed by atoms with Gasteiger partial charge in [0, 0.05) is 19.9 Å². The maximum Gasteiger partial charge on any atom is 0.434 e. The number of carbonyl (C=O) groups excluding carboxylic acids is 1. The Morgan fingerprint density at radius 2 is 1.47 bits per heavy atom. The number of methoxy groups -OCH3 is 1. The highest BCUT2D eigenvalue weighted by Gasteiger charge is 2.60. The van der Waals surface area contributed by atoms with Crippen LogP contribution in [-0.2, 0) is 23.1 Å². The molecule has 8 nitrogen and oxygen atoms in total. The minimum Gasteiger partial charge on any atom is -0.497 e. The first-order chi connectivity index (χ1) is 13.7. The van der Waals surface area contributed by atoms with E-state index in [1.54, 1.807) is 0 Å². The van der Waals surface area contributed by atoms with E-state index in [9.17, 15) is 40.8 Å². The highest BCUT2D eigenvalue weighted by atomic mass is 31.2. The molecule has 0 aliphatic rings. The molecule has 1 aromatic rings. The average Bonchev–Trinajstić information content (AvgIpc) is 2.64. The molecule has 0 atom stereocenters. The third-order valence-corrected chi connectivity index (χ3v) is 5.25. The van der Waals surface area contributed by atoms with E-state index >= 15 is 0 Å². The van der Waals surface area contributed by atoms with Crippen LogP contribution in [0.2, 0.25) is 0 Å². The van der Waals surface area contributed by atoms with E-state index < -0.39 is 43.2 Å². The van der Waals surface area contributed by atoms with Gasteiger partial charge in [0.2, 0.25) is 5.31 Å². The Labute approximate surface area is 165 Å². The molecule has 1 aromatic carbocycles. The zero-order valence-electron chi connectivity index (χ0n) is 15.5. The molecule has 0 aliphatic heterocycles. The van der Waals surface area contributed by atoms with Crippen LogP contribution in [0.25, 0.3) is 0 Å². The lowest BCUT2D eigenvalue weighted by atomic mass is 10.3. The molecule has 0 spiro atoms. The second kappa shape index (κ2) is 9.58. The number of aliphatic hydroxyl groups excluding tert-OH is 1. The van der Waals surface area contributed by atoms with Crippen molar-refractivity contribution in [1.82, 2.24) is 0 Å². The molecule has 15 heteroatoms. The Bertz CT molecular complexity index is 800. The normalized spacial score (nSPS) is 13.7. The first-order valence-electron chi connectivity index (χ1n) is 7.60. The minimum atomic E-state index is -6.02. The molecule has 1 amide bonds. The fourth-order valence-corrected chi connectivity index (χ4v) is 3.05. The molecule has 0 unspecified atom stereocenters. The minimum absolute atomic E-state index is 0.0481. The molecule has 0 saturated heterocycles. The van der Waals surface area contributed by atoms with Crippen molar-refractivity contribution in [2.24, 2.45) is 0 Å². The van der Waals surface area contributed by atoms with Crippen LogP contribution in [-0.4, -0.2) is 50.8 Å². The van der Waals surface area contributed by atoms with Crippen molar-refractivity contribution in [2.45, 2.75) is 18.5 Å². The summed E-state index contributed by atoms with van der Waals surface area (Å²) < 4.78 is 106. The number of amides is 1. The molecule has 0 fully saturated rings. The summed E-state index contributed by atoms with van der Waals surface area (Å²) in [5.74, 6) is -3.49. The highest BCUT2D eigenvalue weighted by molar-refractivity contribution is 7.60. The SMILES string of the molecule is COc1ccc(NC(=O)/C(=C(\O)OC(C(F)(F)F)C(F)(F)F)P(=O)(OC)OC)cc1. The zero-order valence-corrected chi connectivity index (χ0v) is 16.4. The first kappa shape index (κ1) is 25.6. The lowest BCUT2D eigenvalue weighted by molar-refractivity contribution is -0.319. The van der Waals surface area contributed by atoms with Gasteiger partial charge in [-0.25, -0.2) is 0 Å². The van der Waals surface area contributed by atoms with Crippen LogP contribution in [0.4, 0.5) is 32.0 Å². The second-order valence-electron chi connectivity index (χ2n) is 5.28. The van der Waals surface area contributed by atoms with Crippen LogP contribution < -0.4 is 10.1 Å². The van der Waals surface area contributed by atoms with Gasteiger partial charge >= 0.3 is 19.9 Å². The summed E-state index contributed by atoms with van der Waals surface area (Å²) in [4.78, 5) is 12.4. The van der Waals surface area contributed by atoms with Crippen LogP contribution in [0.5, 0.6) is 5.75 Å². The van der Waals surface area contributed by atoms with Crippen molar-refractivity contribution >= 4 is 19.2 Å². The Kier molecular flexibility index (Phi) is 8.17. The number of hydrogen-bond donors (Lipinski definition) is 2. The topological polar surface area (TPSA) is 103 Å². The van der Waals surface area contributed by atoms with Gasteiger partial charge in [-0.15, -0.1) is 0 Å². The summed E-state index contributed by atoms with van der Waals surface area (Å²) in [7, 11) is -2.17. The summed E-state index contributed by atoms with van der Waals surface area (Å²) >= 11 is 0. The van der Waals surface area contributed by atoms with Crippen molar-refractivity contribution in [1.29, 1.82) is 0 Å². The van der Waals surface area contributed by atoms with E-state index in [1.807, 2.05) is 5.32 Å². The maximum absolute atomic E-state index is 12.7. The van der Waals surface area contributed by atoms with E-state index in [0.717, 1.165) is 0 Å². The molecule has 0 radical (unpaired) electrons. The monoisotopic (exact) mass is 467 g/mol. The Hall–Kier alpha value is -2.44. The number of halogens is 6. The fraction of sp³-hybridized carbons (Fsp3) is 0.400. The number of rotatable bonds is 8. The predicted octanol–water partition coefficient (Wildman–Crippen LogP) is 4.36. The summed E-state index contributed by atoms with van der Waals surface area (Å²) in [6.45, 7) is 0. The van der Waals surface area contributed by atoms with Gasteiger partial charge < -0.3 is 28.9 Å². The van der Waals surface area contributed by atoms with E-state index in [-0.39, 0.29) is 5.69 Å². The van der Waals surface area contributed by atoms with Gasteiger partial charge in [-0.3, -0.25) is 9.36 Å². The first-order valence-corrected chi connectivity index (χ1v) is 9.14. The summed E-state index contributed by atoms with van der Waals surface area (Å²) in [5.41, 5.74) is -0.0481. The Balaban J connectivity index is 3.42. The van der Waals surface area contributed by atoms with E-state index in [0.29, 0.717) is 20.0 Å². The van der Waals surface area contributed by atoms with Gasteiger partial charge in [0.25, 0.3) is 18.0 Å². The van der Waals surface area contributed by atoms with Crippen LogP contribution >= 0.6 is 7.60 Å². The van der Waals surface area contributed by atoms with E-state index in [2.05, 4.69) is 13.8 Å². The predicted molar refractivity (Wildman–Crippen MR) is 89.9 cm³/mol. The third-order valence-electron chi connectivity index (χ3n) is 3.34. The molecule has 1 rings (SSSR count). The molecule has 0 saturated carbocycles. The lowest BCUT2D eigenvalue weighted by Crippen LogP contribution is -2.44. The maximum atomic E-state index is 12.7. The largest absolute Gasteiger partial charge is 0.497 e. The number of hydrogen-bond acceptors (Lipinski definition) is 7. The van der Waals surface area contributed by atoms with Crippen LogP contribution in [0.3, 0.4) is 0 Å². The molecular formula is C15H16F6NO7P. The number of ether oxygens (including phenoxy) is 2. The van der Waals surface area contributed by atoms with Gasteiger partial charge in [-0.1, -0.05) is 0 Å². The van der Waals surface area contributed by atoms with Crippen LogP contribution in [0, 0.1) is 0 Å². The van der Waals surface area contributed by atoms with E-state index in [1.165, 1.54) is 31.4 Å². The van der Waals surface area contributed by atoms with Crippen LogP contribution in [0.1, 0.15) is 0 Å². The smallest absolute Gasteiger partial charge is 0.434 e. The molecule has 0 heterocycles. The average molecular weight is 467 g/mol. The number of nitrogens with one attached hydrogen (secondary N) is 1. The number of alkyl halides is 6. The summed E-state index contributed by atoms with van der Waals surface area (Å²) in [6.07, 6.45) is -16.6. The summed E-state index contributed by atoms with van der Waals surface area (Å²) in [6, 6.07) is 5.19. The van der Waals surface area contributed by atoms with Crippen molar-refractivity contribution in [2.75, 3.05) is 26.6 Å². The van der Waals surface area contributed by atoms with Gasteiger partial charge in [-0.2, -0.15) is 26.3 Å². The van der Waals surface area contributed by atoms with Crippen LogP contribution in [0.15, 0.2) is 35.5 Å². The quantitative estimate of drug-likeness (QED) is 0.254. The molecular weight excluding hydrogens is 451 g/mol. The van der Waals surface area contributed by atoms with Crippen molar-refractivity contribution < 1.29 is 59.3 Å². The van der Waals surface area contributed by atoms with E-state index in [4.69, 9.17) is 4.74 Å². The molecule has 2 N–H and O–H groups in total. The molecule has 170 valence electrons. The molecule has 30 heavy (non-hydrogen) atoms. The molecule has 0 aromatic heterocycles. The standard InChI is InChI=1S/C15H16F6NO7P/c1-26-9-6-4-8(5-7-9)22-11(23)10(30(25,27-2)28-3)12(24)29-13(14(16,17)18)15(19,20)21/h4-7,13,24H,1-3H3,(H,22,23)/b12-10-. The summed E-state index contributed by atoms with van der Waals surface area (Å²) in [5, 5.41) is 10.2. The van der Waals surface area contributed by atoms with Gasteiger partial charge in [0.05, 0.1) is 7.11 Å². The highest BCUT2D eigenvalue weighted by Crippen LogP contribution is 2.56. The lowest BCUT2D eigenvalue weighted by Gasteiger charge is -2.25. The number of anilines is 1.